The molecule has 1 aliphatic carbocycles. The van der Waals surface area contributed by atoms with Gasteiger partial charge in [-0.2, -0.15) is 0 Å². The molecule has 0 spiro atoms. The van der Waals surface area contributed by atoms with Crippen LogP contribution in [0.4, 0.5) is 0 Å². The highest BCUT2D eigenvalue weighted by Crippen LogP contribution is 2.29. The van der Waals surface area contributed by atoms with Crippen LogP contribution in [0.3, 0.4) is 0 Å². The molecule has 0 aromatic carbocycles. The van der Waals surface area contributed by atoms with E-state index in [4.69, 9.17) is 0 Å². The number of rotatable bonds is 6. The summed E-state index contributed by atoms with van der Waals surface area (Å²) in [6.45, 7) is 8.25. The minimum atomic E-state index is 0.0862. The van der Waals surface area contributed by atoms with Gasteiger partial charge in [-0.1, -0.05) is 53.4 Å². The number of carbonyl (C=O) groups is 1. The van der Waals surface area contributed by atoms with Crippen LogP contribution in [0, 0.1) is 11.8 Å². The van der Waals surface area contributed by atoms with Crippen LogP contribution in [0.25, 0.3) is 0 Å². The second kappa shape index (κ2) is 6.39. The van der Waals surface area contributed by atoms with Crippen molar-refractivity contribution in [3.05, 3.63) is 0 Å². The standard InChI is InChI=1S/C14H27NO/c1-10(2)14(16)13(15-11(3)4)9-12-7-5-6-8-12/h10-13,15H,5-9H2,1-4H3/t13-/m0/s1. The van der Waals surface area contributed by atoms with E-state index in [1.807, 2.05) is 13.8 Å². The molecule has 1 fully saturated rings. The lowest BCUT2D eigenvalue weighted by atomic mass is 9.91. The Hall–Kier alpha value is -0.370. The lowest BCUT2D eigenvalue weighted by Crippen LogP contribution is -2.43. The number of Topliss-reactive ketones (excluding diaryl/α,β-unsaturated/α-hetero) is 1. The quantitative estimate of drug-likeness (QED) is 0.752. The topological polar surface area (TPSA) is 29.1 Å². The first-order valence-corrected chi connectivity index (χ1v) is 6.80. The van der Waals surface area contributed by atoms with Crippen LogP contribution in [0.5, 0.6) is 0 Å². The Morgan fingerprint density at radius 2 is 1.75 bits per heavy atom. The molecule has 0 radical (unpaired) electrons. The first kappa shape index (κ1) is 13.7. The van der Waals surface area contributed by atoms with Crippen LogP contribution in [-0.4, -0.2) is 17.9 Å². The van der Waals surface area contributed by atoms with E-state index < -0.39 is 0 Å². The zero-order valence-electron chi connectivity index (χ0n) is 11.3. The summed E-state index contributed by atoms with van der Waals surface area (Å²) in [4.78, 5) is 12.1. The monoisotopic (exact) mass is 225 g/mol. The van der Waals surface area contributed by atoms with Crippen molar-refractivity contribution < 1.29 is 4.79 Å². The van der Waals surface area contributed by atoms with Crippen molar-refractivity contribution in [2.75, 3.05) is 0 Å². The van der Waals surface area contributed by atoms with Crippen molar-refractivity contribution in [3.8, 4) is 0 Å². The maximum atomic E-state index is 12.1. The van der Waals surface area contributed by atoms with Crippen LogP contribution in [0.1, 0.15) is 59.8 Å². The predicted molar refractivity (Wildman–Crippen MR) is 68.5 cm³/mol. The SMILES string of the molecule is CC(C)N[C@@H](CC1CCCC1)C(=O)C(C)C. The lowest BCUT2D eigenvalue weighted by molar-refractivity contribution is -0.124. The van der Waals surface area contributed by atoms with Gasteiger partial charge in [-0.3, -0.25) is 4.79 Å². The summed E-state index contributed by atoms with van der Waals surface area (Å²) < 4.78 is 0. The average molecular weight is 225 g/mol. The predicted octanol–water partition coefficient (Wildman–Crippen LogP) is 3.16. The van der Waals surface area contributed by atoms with Gasteiger partial charge in [-0.25, -0.2) is 0 Å². The Labute approximate surface area is 100 Å². The van der Waals surface area contributed by atoms with Gasteiger partial charge in [-0.05, 0) is 12.3 Å². The zero-order chi connectivity index (χ0) is 12.1. The number of nitrogens with one attached hydrogen (secondary N) is 1. The second-order valence-corrected chi connectivity index (χ2v) is 5.82. The summed E-state index contributed by atoms with van der Waals surface area (Å²) in [7, 11) is 0. The molecular formula is C14H27NO. The molecule has 16 heavy (non-hydrogen) atoms. The third-order valence-corrected chi connectivity index (χ3v) is 3.49. The summed E-state index contributed by atoms with van der Waals surface area (Å²) in [6.07, 6.45) is 6.41. The highest BCUT2D eigenvalue weighted by atomic mass is 16.1. The smallest absolute Gasteiger partial charge is 0.152 e. The van der Waals surface area contributed by atoms with E-state index in [1.54, 1.807) is 0 Å². The molecule has 0 bridgehead atoms. The summed E-state index contributed by atoms with van der Waals surface area (Å²) in [5.74, 6) is 1.32. The van der Waals surface area contributed by atoms with Crippen molar-refractivity contribution in [1.29, 1.82) is 0 Å². The normalized spacial score (nSPS) is 19.6. The Balaban J connectivity index is 2.51. The van der Waals surface area contributed by atoms with Gasteiger partial charge in [0, 0.05) is 12.0 Å². The Kier molecular flexibility index (Phi) is 5.47. The molecule has 1 rings (SSSR count). The number of hydrogen-bond acceptors (Lipinski definition) is 2. The van der Waals surface area contributed by atoms with Crippen LogP contribution in [-0.2, 0) is 4.79 Å². The van der Waals surface area contributed by atoms with E-state index >= 15 is 0 Å². The molecular weight excluding hydrogens is 198 g/mol. The van der Waals surface area contributed by atoms with E-state index in [0.717, 1.165) is 12.3 Å². The van der Waals surface area contributed by atoms with Crippen molar-refractivity contribution in [2.24, 2.45) is 11.8 Å². The van der Waals surface area contributed by atoms with Crippen LogP contribution in [0.15, 0.2) is 0 Å². The second-order valence-electron chi connectivity index (χ2n) is 5.82. The number of ketones is 1. The Morgan fingerprint density at radius 1 is 1.19 bits per heavy atom. The largest absolute Gasteiger partial charge is 0.305 e. The highest BCUT2D eigenvalue weighted by molar-refractivity contribution is 5.85. The molecule has 1 aliphatic rings. The van der Waals surface area contributed by atoms with E-state index in [2.05, 4.69) is 19.2 Å². The summed E-state index contributed by atoms with van der Waals surface area (Å²) >= 11 is 0. The minimum Gasteiger partial charge on any atom is -0.305 e. The summed E-state index contributed by atoms with van der Waals surface area (Å²) in [6, 6.07) is 0.484. The molecule has 0 amide bonds. The molecule has 2 nitrogen and oxygen atoms in total. The fraction of sp³-hybridized carbons (Fsp3) is 0.929. The van der Waals surface area contributed by atoms with Gasteiger partial charge in [0.2, 0.25) is 0 Å². The van der Waals surface area contributed by atoms with E-state index in [0.29, 0.717) is 11.8 Å². The number of hydrogen-bond donors (Lipinski definition) is 1. The first-order chi connectivity index (χ1) is 7.50. The van der Waals surface area contributed by atoms with Gasteiger partial charge in [0.25, 0.3) is 0 Å². The van der Waals surface area contributed by atoms with E-state index in [9.17, 15) is 4.79 Å². The van der Waals surface area contributed by atoms with Crippen LogP contribution < -0.4 is 5.32 Å². The van der Waals surface area contributed by atoms with E-state index in [-0.39, 0.29) is 12.0 Å². The molecule has 0 saturated heterocycles. The van der Waals surface area contributed by atoms with Gasteiger partial charge in [0.1, 0.15) is 0 Å². The van der Waals surface area contributed by atoms with Gasteiger partial charge in [0.15, 0.2) is 5.78 Å². The first-order valence-electron chi connectivity index (χ1n) is 6.80. The van der Waals surface area contributed by atoms with Crippen molar-refractivity contribution in [1.82, 2.24) is 5.32 Å². The maximum absolute atomic E-state index is 12.1. The minimum absolute atomic E-state index is 0.0862. The molecule has 94 valence electrons. The van der Waals surface area contributed by atoms with Crippen molar-refractivity contribution in [3.63, 3.8) is 0 Å². The van der Waals surface area contributed by atoms with Gasteiger partial charge in [-0.15, -0.1) is 0 Å². The van der Waals surface area contributed by atoms with Crippen LogP contribution >= 0.6 is 0 Å². The molecule has 0 unspecified atom stereocenters. The maximum Gasteiger partial charge on any atom is 0.152 e. The molecule has 0 heterocycles. The van der Waals surface area contributed by atoms with Gasteiger partial charge >= 0.3 is 0 Å². The Morgan fingerprint density at radius 3 is 2.19 bits per heavy atom. The number of carbonyl (C=O) groups excluding carboxylic acids is 1. The highest BCUT2D eigenvalue weighted by Gasteiger charge is 2.26. The molecule has 0 aliphatic heterocycles. The molecule has 0 aromatic heterocycles. The summed E-state index contributed by atoms with van der Waals surface area (Å²) in [5, 5.41) is 3.44. The molecule has 0 aromatic rings. The third-order valence-electron chi connectivity index (χ3n) is 3.49. The van der Waals surface area contributed by atoms with Gasteiger partial charge < -0.3 is 5.32 Å². The molecule has 1 saturated carbocycles. The fourth-order valence-electron chi connectivity index (χ4n) is 2.65. The fourth-order valence-corrected chi connectivity index (χ4v) is 2.65. The third kappa shape index (κ3) is 4.25. The van der Waals surface area contributed by atoms with E-state index in [1.165, 1.54) is 25.7 Å². The Bertz CT molecular complexity index is 217. The molecule has 1 atom stereocenters. The van der Waals surface area contributed by atoms with Crippen molar-refractivity contribution in [2.45, 2.75) is 71.9 Å². The average Bonchev–Trinajstić information content (AvgIpc) is 2.67. The summed E-state index contributed by atoms with van der Waals surface area (Å²) in [5.41, 5.74) is 0. The molecule has 2 heteroatoms. The van der Waals surface area contributed by atoms with Crippen molar-refractivity contribution >= 4 is 5.78 Å². The zero-order valence-corrected chi connectivity index (χ0v) is 11.3. The van der Waals surface area contributed by atoms with Gasteiger partial charge in [0.05, 0.1) is 6.04 Å². The molecule has 1 N–H and O–H groups in total. The lowest BCUT2D eigenvalue weighted by Gasteiger charge is -2.24. The van der Waals surface area contributed by atoms with Crippen LogP contribution in [0.2, 0.25) is 0 Å².